The number of aliphatic hydroxyl groups excluding tert-OH is 1. The zero-order chi connectivity index (χ0) is 16.1. The third-order valence-corrected chi connectivity index (χ3v) is 3.41. The van der Waals surface area contributed by atoms with E-state index in [1.807, 2.05) is 0 Å². The van der Waals surface area contributed by atoms with Crippen LogP contribution in [0, 0.1) is 0 Å². The minimum absolute atomic E-state index is 0.100. The number of carbonyl (C=O) groups is 2. The van der Waals surface area contributed by atoms with Crippen molar-refractivity contribution < 1.29 is 19.4 Å². The van der Waals surface area contributed by atoms with Crippen LogP contribution in [-0.2, 0) is 9.59 Å². The molecule has 2 amide bonds. The lowest BCUT2D eigenvalue weighted by atomic mass is 10.2. The van der Waals surface area contributed by atoms with Crippen molar-refractivity contribution in [3.05, 3.63) is 40.6 Å². The molecule has 1 aliphatic rings. The maximum Gasteiger partial charge on any atom is 0.289 e. The van der Waals surface area contributed by atoms with Crippen LogP contribution < -0.4 is 10.1 Å². The van der Waals surface area contributed by atoms with Crippen LogP contribution in [0.2, 0.25) is 5.02 Å². The van der Waals surface area contributed by atoms with Gasteiger partial charge in [0.2, 0.25) is 0 Å². The molecule has 0 aliphatic carbocycles. The van der Waals surface area contributed by atoms with E-state index in [4.69, 9.17) is 16.3 Å². The lowest BCUT2D eigenvalue weighted by Crippen LogP contribution is -2.29. The number of aliphatic hydroxyl groups is 1. The van der Waals surface area contributed by atoms with Crippen LogP contribution in [0.15, 0.2) is 35.6 Å². The molecular formula is C15H17ClN2O4. The van der Waals surface area contributed by atoms with E-state index in [0.717, 1.165) is 0 Å². The van der Waals surface area contributed by atoms with Crippen LogP contribution in [0.25, 0.3) is 0 Å². The Labute approximate surface area is 133 Å². The fourth-order valence-electron chi connectivity index (χ4n) is 2.00. The second-order valence-electron chi connectivity index (χ2n) is 4.90. The van der Waals surface area contributed by atoms with Gasteiger partial charge < -0.3 is 20.1 Å². The van der Waals surface area contributed by atoms with Gasteiger partial charge in [0, 0.05) is 18.6 Å². The summed E-state index contributed by atoms with van der Waals surface area (Å²) < 4.78 is 5.49. The average molecular weight is 325 g/mol. The topological polar surface area (TPSA) is 78.9 Å². The summed E-state index contributed by atoms with van der Waals surface area (Å²) in [5.74, 6) is -0.773. The van der Waals surface area contributed by atoms with Crippen molar-refractivity contribution >= 4 is 23.4 Å². The van der Waals surface area contributed by atoms with Gasteiger partial charge >= 0.3 is 0 Å². The van der Waals surface area contributed by atoms with Gasteiger partial charge in [0.25, 0.3) is 11.8 Å². The largest absolute Gasteiger partial charge is 0.503 e. The molecule has 0 radical (unpaired) electrons. The highest BCUT2D eigenvalue weighted by Crippen LogP contribution is 2.17. The lowest BCUT2D eigenvalue weighted by molar-refractivity contribution is -0.126. The minimum Gasteiger partial charge on any atom is -0.503 e. The summed E-state index contributed by atoms with van der Waals surface area (Å²) in [7, 11) is 1.53. The van der Waals surface area contributed by atoms with E-state index in [-0.39, 0.29) is 12.1 Å². The third-order valence-electron chi connectivity index (χ3n) is 3.18. The molecule has 1 aromatic rings. The Balaban J connectivity index is 1.71. The Morgan fingerprint density at radius 3 is 2.91 bits per heavy atom. The lowest BCUT2D eigenvalue weighted by Gasteiger charge is -2.09. The van der Waals surface area contributed by atoms with Gasteiger partial charge in [0.05, 0.1) is 18.7 Å². The molecule has 7 heteroatoms. The Morgan fingerprint density at radius 2 is 2.27 bits per heavy atom. The van der Waals surface area contributed by atoms with E-state index in [1.54, 1.807) is 24.3 Å². The Morgan fingerprint density at radius 1 is 1.50 bits per heavy atom. The number of nitrogens with zero attached hydrogens (tertiary/aromatic N) is 1. The zero-order valence-electron chi connectivity index (χ0n) is 12.1. The van der Waals surface area contributed by atoms with Crippen LogP contribution >= 0.6 is 11.6 Å². The van der Waals surface area contributed by atoms with Crippen LogP contribution in [0.1, 0.15) is 6.42 Å². The molecule has 0 bridgehead atoms. The number of ether oxygens (including phenoxy) is 1. The maximum absolute atomic E-state index is 11.9. The van der Waals surface area contributed by atoms with E-state index in [9.17, 15) is 14.7 Å². The molecule has 0 saturated heterocycles. The first-order valence-corrected chi connectivity index (χ1v) is 7.21. The van der Waals surface area contributed by atoms with Crippen LogP contribution in [0.5, 0.6) is 5.75 Å². The maximum atomic E-state index is 11.9. The summed E-state index contributed by atoms with van der Waals surface area (Å²) in [4.78, 5) is 24.5. The van der Waals surface area contributed by atoms with E-state index in [0.29, 0.717) is 30.3 Å². The van der Waals surface area contributed by atoms with Crippen molar-refractivity contribution in [2.24, 2.45) is 0 Å². The summed E-state index contributed by atoms with van der Waals surface area (Å²) in [6.45, 7) is 0.925. The number of hydrogen-bond donors (Lipinski definition) is 2. The number of carbonyl (C=O) groups excluding carboxylic acids is 2. The highest BCUT2D eigenvalue weighted by Gasteiger charge is 2.31. The van der Waals surface area contributed by atoms with Crippen LogP contribution in [-0.4, -0.2) is 48.6 Å². The first kappa shape index (κ1) is 16.2. The van der Waals surface area contributed by atoms with Crippen molar-refractivity contribution in [3.63, 3.8) is 0 Å². The van der Waals surface area contributed by atoms with Gasteiger partial charge in [-0.2, -0.15) is 0 Å². The van der Waals surface area contributed by atoms with Crippen molar-refractivity contribution in [2.75, 3.05) is 26.7 Å². The average Bonchev–Trinajstić information content (AvgIpc) is 2.74. The van der Waals surface area contributed by atoms with Crippen molar-refractivity contribution in [1.29, 1.82) is 0 Å². The summed E-state index contributed by atoms with van der Waals surface area (Å²) in [6.07, 6.45) is 0.593. The number of nitrogens with one attached hydrogen (secondary N) is 1. The molecule has 1 aliphatic heterocycles. The molecule has 2 rings (SSSR count). The fraction of sp³-hybridized carbons (Fsp3) is 0.333. The van der Waals surface area contributed by atoms with E-state index < -0.39 is 17.6 Å². The van der Waals surface area contributed by atoms with Gasteiger partial charge in [0.15, 0.2) is 5.76 Å². The zero-order valence-corrected chi connectivity index (χ0v) is 12.9. The summed E-state index contributed by atoms with van der Waals surface area (Å²) >= 11 is 5.84. The van der Waals surface area contributed by atoms with Gasteiger partial charge in [0.1, 0.15) is 5.75 Å². The minimum atomic E-state index is -0.533. The number of halogens is 1. The van der Waals surface area contributed by atoms with Crippen LogP contribution in [0.3, 0.4) is 0 Å². The van der Waals surface area contributed by atoms with Crippen molar-refractivity contribution in [3.8, 4) is 5.75 Å². The number of rotatable bonds is 6. The first-order valence-electron chi connectivity index (χ1n) is 6.83. The molecule has 2 N–H and O–H groups in total. The van der Waals surface area contributed by atoms with Gasteiger partial charge in [-0.1, -0.05) is 17.7 Å². The molecule has 1 aromatic carbocycles. The number of likely N-dealkylation sites (N-methyl/N-ethyl adjacent to an activating group) is 1. The van der Waals surface area contributed by atoms with Gasteiger partial charge in [-0.3, -0.25) is 9.59 Å². The highest BCUT2D eigenvalue weighted by atomic mass is 35.5. The molecule has 0 aromatic heterocycles. The van der Waals surface area contributed by atoms with Crippen LogP contribution in [0.4, 0.5) is 0 Å². The standard InChI is InChI=1S/C15H17ClN2O4/c1-18-9-12(13(19)15(18)21)14(20)17-6-3-7-22-11-5-2-4-10(16)8-11/h2,4-5,8,19H,3,6-7,9H2,1H3,(H,17,20). The normalized spacial score (nSPS) is 14.5. The molecule has 118 valence electrons. The van der Waals surface area contributed by atoms with Crippen molar-refractivity contribution in [2.45, 2.75) is 6.42 Å². The Bertz CT molecular complexity index is 615. The molecular weight excluding hydrogens is 308 g/mol. The molecule has 0 atom stereocenters. The number of amides is 2. The molecule has 0 fully saturated rings. The Kier molecular flexibility index (Phi) is 5.27. The predicted molar refractivity (Wildman–Crippen MR) is 81.9 cm³/mol. The van der Waals surface area contributed by atoms with E-state index >= 15 is 0 Å². The molecule has 6 nitrogen and oxygen atoms in total. The summed E-state index contributed by atoms with van der Waals surface area (Å²) in [6, 6.07) is 7.06. The number of benzene rings is 1. The number of hydrogen-bond acceptors (Lipinski definition) is 4. The van der Waals surface area contributed by atoms with E-state index in [2.05, 4.69) is 5.32 Å². The van der Waals surface area contributed by atoms with Gasteiger partial charge in [-0.25, -0.2) is 0 Å². The third kappa shape index (κ3) is 3.92. The van der Waals surface area contributed by atoms with Crippen molar-refractivity contribution in [1.82, 2.24) is 10.2 Å². The quantitative estimate of drug-likeness (QED) is 0.777. The molecule has 1 heterocycles. The molecule has 22 heavy (non-hydrogen) atoms. The smallest absolute Gasteiger partial charge is 0.289 e. The monoisotopic (exact) mass is 324 g/mol. The van der Waals surface area contributed by atoms with Gasteiger partial charge in [-0.05, 0) is 24.6 Å². The second kappa shape index (κ2) is 7.17. The summed E-state index contributed by atoms with van der Waals surface area (Å²) in [5.41, 5.74) is 0.100. The highest BCUT2D eigenvalue weighted by molar-refractivity contribution is 6.30. The summed E-state index contributed by atoms with van der Waals surface area (Å²) in [5, 5.41) is 12.8. The van der Waals surface area contributed by atoms with Gasteiger partial charge in [-0.15, -0.1) is 0 Å². The predicted octanol–water partition coefficient (Wildman–Crippen LogP) is 1.51. The molecule has 0 spiro atoms. The second-order valence-corrected chi connectivity index (χ2v) is 5.34. The first-order chi connectivity index (χ1) is 10.5. The molecule has 0 saturated carbocycles. The SMILES string of the molecule is CN1CC(C(=O)NCCCOc2cccc(Cl)c2)=C(O)C1=O. The Hall–Kier alpha value is -2.21. The fourth-order valence-corrected chi connectivity index (χ4v) is 2.18. The van der Waals surface area contributed by atoms with E-state index in [1.165, 1.54) is 11.9 Å². The molecule has 0 unspecified atom stereocenters.